The molecular formula is C40H42ClN3O5. The number of nitrogens with one attached hydrogen (secondary N) is 2. The van der Waals surface area contributed by atoms with Crippen molar-refractivity contribution in [1.82, 2.24) is 10.2 Å². The van der Waals surface area contributed by atoms with Gasteiger partial charge in [-0.1, -0.05) is 93.0 Å². The van der Waals surface area contributed by atoms with E-state index >= 15 is 0 Å². The highest BCUT2D eigenvalue weighted by Gasteiger charge is 2.45. The number of carbonyl (C=O) groups is 3. The summed E-state index contributed by atoms with van der Waals surface area (Å²) >= 11 is 7.04. The first-order valence-electron chi connectivity index (χ1n) is 16.9. The maximum Gasteiger partial charge on any atom is 0.228 e. The maximum absolute atomic E-state index is 14.5. The molecule has 1 unspecified atom stereocenters. The summed E-state index contributed by atoms with van der Waals surface area (Å²) in [6.07, 6.45) is 4.18. The van der Waals surface area contributed by atoms with Crippen molar-refractivity contribution in [2.45, 2.75) is 78.4 Å². The lowest BCUT2D eigenvalue weighted by atomic mass is 9.73. The number of rotatable bonds is 9. The standard InChI is InChI=1S/C40H42ClN3O5/c1-4-26-13-8-9-14-30(26)42-35(47)19-20-36(48)44-32-15-10-16-33(45)38(32)43-31-22-40(2,3)23-34(46)37(31)39(44)28-18-17-27(21-29(28)41)49-24-25-11-6-5-7-12-25/h5-9,11-15,17-18,21,39,43,45H,4,10,16,19-20,22-24H2,1-3H3,(H,42,47). The number of aliphatic hydroxyl groups is 1. The molecule has 2 aliphatic carbocycles. The lowest BCUT2D eigenvalue weighted by Gasteiger charge is -2.37. The molecule has 3 N–H and O–H groups in total. The van der Waals surface area contributed by atoms with Crippen LogP contribution in [0.25, 0.3) is 0 Å². The zero-order valence-electron chi connectivity index (χ0n) is 28.1. The van der Waals surface area contributed by atoms with Gasteiger partial charge in [-0.3, -0.25) is 19.3 Å². The molecule has 0 fully saturated rings. The molecule has 0 saturated carbocycles. The normalized spacial score (nSPS) is 18.5. The first kappa shape index (κ1) is 34.1. The number of amides is 2. The summed E-state index contributed by atoms with van der Waals surface area (Å²) in [4.78, 5) is 43.4. The molecule has 0 saturated heterocycles. The molecule has 9 heteroatoms. The Kier molecular flexibility index (Phi) is 9.97. The number of aliphatic hydroxyl groups excluding tert-OH is 1. The van der Waals surface area contributed by atoms with Crippen molar-refractivity contribution >= 4 is 34.9 Å². The molecule has 1 atom stereocenters. The Morgan fingerprint density at radius 3 is 2.55 bits per heavy atom. The van der Waals surface area contributed by atoms with Crippen LogP contribution in [0.1, 0.15) is 82.0 Å². The van der Waals surface area contributed by atoms with Crippen molar-refractivity contribution in [3.63, 3.8) is 0 Å². The van der Waals surface area contributed by atoms with Gasteiger partial charge in [-0.15, -0.1) is 0 Å². The minimum Gasteiger partial charge on any atom is -0.510 e. The van der Waals surface area contributed by atoms with E-state index in [-0.39, 0.29) is 48.0 Å². The van der Waals surface area contributed by atoms with Gasteiger partial charge >= 0.3 is 0 Å². The number of halogens is 1. The Bertz CT molecular complexity index is 1880. The van der Waals surface area contributed by atoms with E-state index in [9.17, 15) is 19.5 Å². The van der Waals surface area contributed by atoms with E-state index in [0.29, 0.717) is 64.9 Å². The average Bonchev–Trinajstić information content (AvgIpc) is 3.22. The minimum absolute atomic E-state index is 0.0707. The average molecular weight is 680 g/mol. The predicted octanol–water partition coefficient (Wildman–Crippen LogP) is 8.46. The Hall–Kier alpha value is -4.82. The number of hydrogen-bond acceptors (Lipinski definition) is 6. The number of aryl methyl sites for hydroxylation is 1. The monoisotopic (exact) mass is 679 g/mol. The summed E-state index contributed by atoms with van der Waals surface area (Å²) in [5.41, 5.74) is 4.90. The summed E-state index contributed by atoms with van der Waals surface area (Å²) < 4.78 is 6.05. The Morgan fingerprint density at radius 2 is 1.80 bits per heavy atom. The highest BCUT2D eigenvalue weighted by Crippen LogP contribution is 2.49. The number of ketones is 1. The first-order chi connectivity index (χ1) is 23.5. The molecule has 1 aliphatic heterocycles. The number of anilines is 1. The van der Waals surface area contributed by atoms with Crippen LogP contribution in [0.5, 0.6) is 5.75 Å². The molecular weight excluding hydrogens is 638 g/mol. The molecule has 3 aromatic carbocycles. The molecule has 8 nitrogen and oxygen atoms in total. The van der Waals surface area contributed by atoms with Gasteiger partial charge in [0.25, 0.3) is 0 Å². The SMILES string of the molecule is CCc1ccccc1NC(=O)CCC(=O)N1C2=CCCC(O)=C2NC2=C(C(=O)CC(C)(C)C2)C1c1ccc(OCc2ccccc2)cc1Cl. The van der Waals surface area contributed by atoms with Gasteiger partial charge in [0.15, 0.2) is 5.78 Å². The molecule has 0 bridgehead atoms. The fourth-order valence-corrected chi connectivity index (χ4v) is 7.17. The highest BCUT2D eigenvalue weighted by atomic mass is 35.5. The van der Waals surface area contributed by atoms with Crippen LogP contribution in [0.15, 0.2) is 107 Å². The van der Waals surface area contributed by atoms with Gasteiger partial charge in [0.1, 0.15) is 23.8 Å². The van der Waals surface area contributed by atoms with E-state index in [1.54, 1.807) is 23.1 Å². The summed E-state index contributed by atoms with van der Waals surface area (Å²) in [5, 5.41) is 17.9. The van der Waals surface area contributed by atoms with Gasteiger partial charge < -0.3 is 20.5 Å². The number of nitrogens with zero attached hydrogens (tertiary/aromatic N) is 1. The second-order valence-corrected chi connectivity index (χ2v) is 14.0. The minimum atomic E-state index is -0.896. The van der Waals surface area contributed by atoms with Gasteiger partial charge in [-0.05, 0) is 59.6 Å². The van der Waals surface area contributed by atoms with Gasteiger partial charge in [-0.2, -0.15) is 0 Å². The number of fused-ring (bicyclic) bond motifs is 1. The molecule has 6 rings (SSSR count). The maximum atomic E-state index is 14.5. The molecule has 0 aromatic heterocycles. The van der Waals surface area contributed by atoms with Crippen molar-refractivity contribution < 1.29 is 24.2 Å². The van der Waals surface area contributed by atoms with Gasteiger partial charge in [-0.25, -0.2) is 0 Å². The Morgan fingerprint density at radius 1 is 1.04 bits per heavy atom. The molecule has 2 amide bonds. The summed E-state index contributed by atoms with van der Waals surface area (Å²) in [6, 6.07) is 21.8. The quantitative estimate of drug-likeness (QED) is 0.209. The van der Waals surface area contributed by atoms with Crippen molar-refractivity contribution in [2.24, 2.45) is 5.41 Å². The van der Waals surface area contributed by atoms with E-state index in [1.807, 2.05) is 81.4 Å². The van der Waals surface area contributed by atoms with Crippen LogP contribution in [0, 0.1) is 5.41 Å². The van der Waals surface area contributed by atoms with Crippen molar-refractivity contribution in [1.29, 1.82) is 0 Å². The van der Waals surface area contributed by atoms with Gasteiger partial charge in [0.2, 0.25) is 11.8 Å². The van der Waals surface area contributed by atoms with Crippen LogP contribution < -0.4 is 15.4 Å². The molecule has 3 aliphatic rings. The van der Waals surface area contributed by atoms with Crippen molar-refractivity contribution in [3.8, 4) is 5.75 Å². The molecule has 0 radical (unpaired) electrons. The zero-order chi connectivity index (χ0) is 34.7. The fraction of sp³-hybridized carbons (Fsp3) is 0.325. The van der Waals surface area contributed by atoms with Crippen LogP contribution in [-0.2, 0) is 27.4 Å². The summed E-state index contributed by atoms with van der Waals surface area (Å²) in [7, 11) is 0. The van der Waals surface area contributed by atoms with Crippen LogP contribution in [0.3, 0.4) is 0 Å². The number of ether oxygens (including phenoxy) is 1. The fourth-order valence-electron chi connectivity index (χ4n) is 6.90. The van der Waals surface area contributed by atoms with Crippen LogP contribution in [-0.4, -0.2) is 27.6 Å². The summed E-state index contributed by atoms with van der Waals surface area (Å²) in [5.74, 6) is -0.0930. The van der Waals surface area contributed by atoms with E-state index in [2.05, 4.69) is 10.6 Å². The number of Topliss-reactive ketones (excluding diaryl/α,β-unsaturated/α-hetero) is 1. The Balaban J connectivity index is 1.38. The second kappa shape index (κ2) is 14.3. The van der Waals surface area contributed by atoms with Crippen molar-refractivity contribution in [3.05, 3.63) is 129 Å². The van der Waals surface area contributed by atoms with Gasteiger partial charge in [0, 0.05) is 47.7 Å². The third kappa shape index (κ3) is 7.44. The second-order valence-electron chi connectivity index (χ2n) is 13.6. The smallest absolute Gasteiger partial charge is 0.228 e. The number of carbonyl (C=O) groups excluding carboxylic acids is 3. The largest absolute Gasteiger partial charge is 0.510 e. The number of hydrogen-bond donors (Lipinski definition) is 3. The molecule has 3 aromatic rings. The highest BCUT2D eigenvalue weighted by molar-refractivity contribution is 6.31. The number of allylic oxidation sites excluding steroid dienone is 3. The molecule has 0 spiro atoms. The zero-order valence-corrected chi connectivity index (χ0v) is 28.9. The van der Waals surface area contributed by atoms with Gasteiger partial charge in [0.05, 0.1) is 11.7 Å². The molecule has 1 heterocycles. The van der Waals surface area contributed by atoms with Crippen LogP contribution >= 0.6 is 11.6 Å². The number of benzene rings is 3. The third-order valence-electron chi connectivity index (χ3n) is 9.27. The molecule has 254 valence electrons. The van der Waals surface area contributed by atoms with Crippen LogP contribution in [0.4, 0.5) is 5.69 Å². The van der Waals surface area contributed by atoms with E-state index < -0.39 is 6.04 Å². The predicted molar refractivity (Wildman–Crippen MR) is 191 cm³/mol. The Labute approximate surface area is 292 Å². The third-order valence-corrected chi connectivity index (χ3v) is 9.60. The van der Waals surface area contributed by atoms with Crippen LogP contribution in [0.2, 0.25) is 5.02 Å². The summed E-state index contributed by atoms with van der Waals surface area (Å²) in [6.45, 7) is 6.44. The topological polar surface area (TPSA) is 108 Å². The molecule has 49 heavy (non-hydrogen) atoms. The lowest BCUT2D eigenvalue weighted by Crippen LogP contribution is -2.39. The number of para-hydroxylation sites is 1. The van der Waals surface area contributed by atoms with Crippen molar-refractivity contribution in [2.75, 3.05) is 5.32 Å². The lowest BCUT2D eigenvalue weighted by molar-refractivity contribution is -0.132. The van der Waals surface area contributed by atoms with E-state index in [0.717, 1.165) is 23.2 Å². The van der Waals surface area contributed by atoms with E-state index in [1.165, 1.54) is 0 Å². The first-order valence-corrected chi connectivity index (χ1v) is 17.2. The van der Waals surface area contributed by atoms with E-state index in [4.69, 9.17) is 16.3 Å².